The van der Waals surface area contributed by atoms with Crippen LogP contribution < -0.4 is 10.6 Å². The first-order chi connectivity index (χ1) is 21.5. The van der Waals surface area contributed by atoms with E-state index in [1.54, 1.807) is 18.2 Å². The molecule has 3 aliphatic rings. The van der Waals surface area contributed by atoms with Gasteiger partial charge in [0.05, 0.1) is 39.7 Å². The molecule has 44 heavy (non-hydrogen) atoms. The maximum absolute atomic E-state index is 13.0. The Kier molecular flexibility index (Phi) is 7.37. The second kappa shape index (κ2) is 11.6. The number of imide groups is 2. The molecule has 1 aliphatic carbocycles. The number of aryl methyl sites for hydroxylation is 1. The summed E-state index contributed by atoms with van der Waals surface area (Å²) < 4.78 is 1.99. The van der Waals surface area contributed by atoms with Crippen molar-refractivity contribution in [3.63, 3.8) is 0 Å². The molecule has 11 nitrogen and oxygen atoms in total. The van der Waals surface area contributed by atoms with E-state index in [2.05, 4.69) is 21.9 Å². The van der Waals surface area contributed by atoms with Gasteiger partial charge in [0, 0.05) is 42.9 Å². The zero-order valence-electron chi connectivity index (χ0n) is 24.3. The van der Waals surface area contributed by atoms with Gasteiger partial charge < -0.3 is 5.32 Å². The average Bonchev–Trinajstić information content (AvgIpc) is 3.72. The van der Waals surface area contributed by atoms with E-state index in [0.717, 1.165) is 90.2 Å². The predicted octanol–water partition coefficient (Wildman–Crippen LogP) is 4.44. The topological polar surface area (TPSA) is 139 Å². The number of amides is 4. The number of unbranched alkanes of at least 4 members (excludes halogenated alkanes) is 3. The number of benzene rings is 2. The van der Waals surface area contributed by atoms with E-state index < -0.39 is 23.8 Å². The third kappa shape index (κ3) is 5.45. The summed E-state index contributed by atoms with van der Waals surface area (Å²) in [5, 5.41) is 10.2. The second-order valence-electron chi connectivity index (χ2n) is 11.8. The second-order valence-corrected chi connectivity index (χ2v) is 11.8. The lowest BCUT2D eigenvalue weighted by atomic mass is 10.0. The Labute approximate surface area is 254 Å². The van der Waals surface area contributed by atoms with Gasteiger partial charge in [-0.15, -0.1) is 0 Å². The normalized spacial score (nSPS) is 18.2. The van der Waals surface area contributed by atoms with Gasteiger partial charge in [0.1, 0.15) is 6.04 Å². The van der Waals surface area contributed by atoms with Crippen molar-refractivity contribution in [2.45, 2.75) is 69.9 Å². The van der Waals surface area contributed by atoms with Gasteiger partial charge in [-0.25, -0.2) is 9.97 Å². The molecule has 0 radical (unpaired) electrons. The lowest BCUT2D eigenvalue weighted by Crippen LogP contribution is -2.54. The first-order valence-electron chi connectivity index (χ1n) is 15.4. The molecule has 0 spiro atoms. The molecule has 4 aromatic rings. The van der Waals surface area contributed by atoms with E-state index >= 15 is 0 Å². The van der Waals surface area contributed by atoms with Gasteiger partial charge in [0.15, 0.2) is 0 Å². The summed E-state index contributed by atoms with van der Waals surface area (Å²) in [6, 6.07) is 12.1. The van der Waals surface area contributed by atoms with Gasteiger partial charge in [-0.2, -0.15) is 5.10 Å². The van der Waals surface area contributed by atoms with Crippen LogP contribution in [-0.2, 0) is 16.1 Å². The Morgan fingerprint density at radius 1 is 0.864 bits per heavy atom. The Balaban J connectivity index is 0.879. The van der Waals surface area contributed by atoms with Crippen LogP contribution in [0.3, 0.4) is 0 Å². The van der Waals surface area contributed by atoms with Crippen molar-refractivity contribution in [3.8, 4) is 11.3 Å². The number of para-hydroxylation sites is 2. The molecule has 224 valence electrons. The van der Waals surface area contributed by atoms with E-state index in [9.17, 15) is 19.2 Å². The maximum Gasteiger partial charge on any atom is 0.262 e. The van der Waals surface area contributed by atoms with Gasteiger partial charge in [0.2, 0.25) is 11.8 Å². The highest BCUT2D eigenvalue weighted by Gasteiger charge is 2.44. The first kappa shape index (κ1) is 27.9. The van der Waals surface area contributed by atoms with Gasteiger partial charge >= 0.3 is 0 Å². The van der Waals surface area contributed by atoms with Crippen molar-refractivity contribution < 1.29 is 19.2 Å². The van der Waals surface area contributed by atoms with Crippen molar-refractivity contribution >= 4 is 40.3 Å². The zero-order chi connectivity index (χ0) is 30.2. The van der Waals surface area contributed by atoms with Crippen LogP contribution >= 0.6 is 0 Å². The van der Waals surface area contributed by atoms with Crippen LogP contribution in [0.15, 0.2) is 54.9 Å². The lowest BCUT2D eigenvalue weighted by Gasteiger charge is -2.27. The van der Waals surface area contributed by atoms with Crippen LogP contribution in [0, 0.1) is 0 Å². The highest BCUT2D eigenvalue weighted by Crippen LogP contribution is 2.43. The third-order valence-corrected chi connectivity index (χ3v) is 8.55. The largest absolute Gasteiger partial charge is 0.385 e. The monoisotopic (exact) mass is 591 g/mol. The minimum Gasteiger partial charge on any atom is -0.385 e. The number of aromatic nitrogens is 4. The molecule has 2 aromatic heterocycles. The minimum absolute atomic E-state index is 0.0985. The molecule has 4 heterocycles. The Morgan fingerprint density at radius 2 is 1.64 bits per heavy atom. The van der Waals surface area contributed by atoms with Crippen LogP contribution in [0.1, 0.15) is 83.7 Å². The van der Waals surface area contributed by atoms with Crippen LogP contribution in [0.5, 0.6) is 0 Å². The molecule has 0 bridgehead atoms. The highest BCUT2D eigenvalue weighted by atomic mass is 16.2. The molecule has 2 N–H and O–H groups in total. The summed E-state index contributed by atoms with van der Waals surface area (Å²) in [4.78, 5) is 60.5. The minimum atomic E-state index is -0.961. The standard InChI is InChI=1S/C33H33N7O4/c41-28-14-13-27(31(42)38-28)40-32(43)23-12-11-22(17-24(23)33(40)44)34-15-5-1-2-6-16-39-19-21(18-35-39)30-29(20-9-10-20)36-25-7-3-4-8-26(25)37-30/h3-4,7-8,11-12,17-20,27,34H,1-2,5-6,9-10,13-16H2,(H,38,41,42). The molecule has 1 unspecified atom stereocenters. The fraction of sp³-hybridized carbons (Fsp3) is 0.364. The predicted molar refractivity (Wildman–Crippen MR) is 163 cm³/mol. The van der Waals surface area contributed by atoms with E-state index in [1.165, 1.54) is 0 Å². The number of piperidine rings is 1. The number of hydrogen-bond acceptors (Lipinski definition) is 8. The molecule has 11 heteroatoms. The summed E-state index contributed by atoms with van der Waals surface area (Å²) in [7, 11) is 0. The fourth-order valence-corrected chi connectivity index (χ4v) is 6.04. The number of fused-ring (bicyclic) bond motifs is 2. The molecule has 4 amide bonds. The molecule has 1 atom stereocenters. The van der Waals surface area contributed by atoms with E-state index in [-0.39, 0.29) is 29.9 Å². The fourth-order valence-electron chi connectivity index (χ4n) is 6.04. The number of hydrogen-bond donors (Lipinski definition) is 2. The van der Waals surface area contributed by atoms with Gasteiger partial charge in [-0.05, 0) is 62.4 Å². The summed E-state index contributed by atoms with van der Waals surface area (Å²) in [6.45, 7) is 1.56. The number of nitrogens with zero attached hydrogens (tertiary/aromatic N) is 5. The molecule has 1 saturated heterocycles. The number of carbonyl (C=O) groups excluding carboxylic acids is 4. The van der Waals surface area contributed by atoms with Crippen molar-refractivity contribution in [2.24, 2.45) is 0 Å². The van der Waals surface area contributed by atoms with Crippen molar-refractivity contribution in [3.05, 3.63) is 71.7 Å². The highest BCUT2D eigenvalue weighted by molar-refractivity contribution is 6.23. The quantitative estimate of drug-likeness (QED) is 0.193. The van der Waals surface area contributed by atoms with Crippen LogP contribution in [0.4, 0.5) is 5.69 Å². The van der Waals surface area contributed by atoms with Crippen molar-refractivity contribution in [2.75, 3.05) is 11.9 Å². The molecule has 1 saturated carbocycles. The molecule has 2 fully saturated rings. The van der Waals surface area contributed by atoms with Crippen LogP contribution in [-0.4, -0.2) is 60.9 Å². The first-order valence-corrected chi connectivity index (χ1v) is 15.4. The van der Waals surface area contributed by atoms with E-state index in [0.29, 0.717) is 5.92 Å². The average molecular weight is 592 g/mol. The Bertz CT molecular complexity index is 1790. The van der Waals surface area contributed by atoms with E-state index in [4.69, 9.17) is 9.97 Å². The number of nitrogens with one attached hydrogen (secondary N) is 2. The number of carbonyl (C=O) groups is 4. The lowest BCUT2D eigenvalue weighted by molar-refractivity contribution is -0.136. The van der Waals surface area contributed by atoms with Gasteiger partial charge in [0.25, 0.3) is 11.8 Å². The molecule has 7 rings (SSSR count). The number of anilines is 1. The molecule has 2 aromatic carbocycles. The molecule has 2 aliphatic heterocycles. The summed E-state index contributed by atoms with van der Waals surface area (Å²) >= 11 is 0. The third-order valence-electron chi connectivity index (χ3n) is 8.55. The van der Waals surface area contributed by atoms with Gasteiger partial charge in [-0.3, -0.25) is 34.1 Å². The Hall–Kier alpha value is -4.93. The number of rotatable bonds is 11. The summed E-state index contributed by atoms with van der Waals surface area (Å²) in [5.74, 6) is -1.50. The van der Waals surface area contributed by atoms with Crippen molar-refractivity contribution in [1.82, 2.24) is 30.0 Å². The van der Waals surface area contributed by atoms with Crippen LogP contribution in [0.25, 0.3) is 22.3 Å². The molecular formula is C33H33N7O4. The molecular weight excluding hydrogens is 558 g/mol. The van der Waals surface area contributed by atoms with Crippen LogP contribution in [0.2, 0.25) is 0 Å². The Morgan fingerprint density at radius 3 is 2.43 bits per heavy atom. The zero-order valence-corrected chi connectivity index (χ0v) is 24.3. The SMILES string of the molecule is O=C1CCC(N2C(=O)c3ccc(NCCCCCCn4cc(-c5nc6ccccc6nc5C5CC5)cn4)cc3C2=O)C(=O)N1. The van der Waals surface area contributed by atoms with Crippen molar-refractivity contribution in [1.29, 1.82) is 0 Å². The van der Waals surface area contributed by atoms with Gasteiger partial charge in [-0.1, -0.05) is 25.0 Å². The smallest absolute Gasteiger partial charge is 0.262 e. The maximum atomic E-state index is 13.0. The summed E-state index contributed by atoms with van der Waals surface area (Å²) in [6.07, 6.45) is 10.6. The van der Waals surface area contributed by atoms with E-state index in [1.807, 2.05) is 35.1 Å². The summed E-state index contributed by atoms with van der Waals surface area (Å²) in [5.41, 5.74) is 6.21.